The molecule has 2 aliphatic heterocycles. The van der Waals surface area contributed by atoms with E-state index in [9.17, 15) is 13.2 Å². The second-order valence-corrected chi connectivity index (χ2v) is 10.5. The van der Waals surface area contributed by atoms with Crippen molar-refractivity contribution in [2.45, 2.75) is 17.7 Å². The summed E-state index contributed by atoms with van der Waals surface area (Å²) in [5, 5.41) is 0.335. The van der Waals surface area contributed by atoms with Gasteiger partial charge < -0.3 is 14.4 Å². The zero-order valence-electron chi connectivity index (χ0n) is 16.6. The maximum Gasteiger partial charge on any atom is 0.252 e. The highest BCUT2D eigenvalue weighted by molar-refractivity contribution is 8.16. The summed E-state index contributed by atoms with van der Waals surface area (Å²) in [4.78, 5) is 19.0. The van der Waals surface area contributed by atoms with Crippen LogP contribution in [0.5, 0.6) is 11.5 Å². The summed E-state index contributed by atoms with van der Waals surface area (Å²) < 4.78 is 35.2. The highest BCUT2D eigenvalue weighted by Crippen LogP contribution is 2.43. The van der Waals surface area contributed by atoms with Gasteiger partial charge in [-0.05, 0) is 18.2 Å². The number of carbonyl (C=O) groups excluding carboxylic acids is 1. The van der Waals surface area contributed by atoms with Crippen LogP contribution in [0.25, 0.3) is 0 Å². The maximum atomic E-state index is 12.8. The smallest absolute Gasteiger partial charge is 0.252 e. The number of nitrogens with zero attached hydrogens (tertiary/aromatic N) is 2. The zero-order chi connectivity index (χ0) is 21.3. The first-order valence-electron chi connectivity index (χ1n) is 9.44. The highest BCUT2D eigenvalue weighted by atomic mass is 32.2. The number of carbonyl (C=O) groups is 1. The summed E-state index contributed by atoms with van der Waals surface area (Å²) in [7, 11) is -0.00859. The Morgan fingerprint density at radius 3 is 2.47 bits per heavy atom. The average molecular weight is 447 g/mol. The maximum absolute atomic E-state index is 12.8. The summed E-state index contributed by atoms with van der Waals surface area (Å²) >= 11 is 1.34. The van der Waals surface area contributed by atoms with Crippen LogP contribution in [-0.2, 0) is 21.1 Å². The number of methoxy groups -OCH3 is 2. The van der Waals surface area contributed by atoms with Gasteiger partial charge in [0.1, 0.15) is 11.5 Å². The number of benzene rings is 2. The number of amidine groups is 1. The largest absolute Gasteiger partial charge is 0.496 e. The molecule has 0 bridgehead atoms. The molecule has 0 aliphatic carbocycles. The lowest BCUT2D eigenvalue weighted by molar-refractivity contribution is -0.117. The number of hydrogen-bond acceptors (Lipinski definition) is 6. The lowest BCUT2D eigenvalue weighted by Crippen LogP contribution is -2.38. The van der Waals surface area contributed by atoms with E-state index < -0.39 is 9.84 Å². The Hall–Kier alpha value is -2.52. The molecule has 4 rings (SSSR count). The van der Waals surface area contributed by atoms with Crippen molar-refractivity contribution in [3.63, 3.8) is 0 Å². The van der Waals surface area contributed by atoms with Crippen LogP contribution in [0.4, 0.5) is 5.69 Å². The van der Waals surface area contributed by atoms with Crippen molar-refractivity contribution >= 4 is 38.4 Å². The SMILES string of the molecule is COc1ccccc1CC(=O)N=C1S[C@@H]2CS(=O)(=O)C[C@@H]2N1c1ccccc1OC. The van der Waals surface area contributed by atoms with Gasteiger partial charge in [0.05, 0.1) is 43.9 Å². The second-order valence-electron chi connectivity index (χ2n) is 7.12. The topological polar surface area (TPSA) is 85.3 Å². The van der Waals surface area contributed by atoms with E-state index in [0.29, 0.717) is 22.4 Å². The van der Waals surface area contributed by atoms with E-state index in [1.165, 1.54) is 11.8 Å². The molecule has 2 aliphatic rings. The van der Waals surface area contributed by atoms with Crippen molar-refractivity contribution in [3.05, 3.63) is 54.1 Å². The molecule has 0 radical (unpaired) electrons. The summed E-state index contributed by atoms with van der Waals surface area (Å²) in [5.74, 6) is 1.03. The first kappa shape index (κ1) is 20.7. The molecular weight excluding hydrogens is 424 g/mol. The van der Waals surface area contributed by atoms with Crippen LogP contribution in [0.3, 0.4) is 0 Å². The zero-order valence-corrected chi connectivity index (χ0v) is 18.3. The number of anilines is 1. The average Bonchev–Trinajstić information content (AvgIpc) is 3.18. The van der Waals surface area contributed by atoms with Crippen molar-refractivity contribution in [2.75, 3.05) is 30.6 Å². The Bertz CT molecular complexity index is 1100. The van der Waals surface area contributed by atoms with Crippen LogP contribution in [0.15, 0.2) is 53.5 Å². The van der Waals surface area contributed by atoms with Gasteiger partial charge in [-0.1, -0.05) is 42.1 Å². The third-order valence-corrected chi connectivity index (χ3v) is 8.38. The number of thioether (sulfide) groups is 1. The molecule has 2 saturated heterocycles. The van der Waals surface area contributed by atoms with Crippen LogP contribution < -0.4 is 14.4 Å². The molecule has 30 heavy (non-hydrogen) atoms. The van der Waals surface area contributed by atoms with Crippen LogP contribution in [-0.4, -0.2) is 56.5 Å². The molecule has 2 atom stereocenters. The Labute approximate surface area is 180 Å². The standard InChI is InChI=1S/C21H22N2O5S2/c1-27-17-9-5-3-7-14(17)11-20(24)22-21-23(15-8-4-6-10-18(15)28-2)16-12-30(25,26)13-19(16)29-21/h3-10,16,19H,11-13H2,1-2H3/t16-,19+/m0/s1. The predicted molar refractivity (Wildman–Crippen MR) is 118 cm³/mol. The van der Waals surface area contributed by atoms with E-state index in [1.54, 1.807) is 20.3 Å². The number of para-hydroxylation sites is 3. The molecule has 1 amide bonds. The Morgan fingerprint density at radius 1 is 1.07 bits per heavy atom. The monoisotopic (exact) mass is 446 g/mol. The number of sulfone groups is 1. The lowest BCUT2D eigenvalue weighted by atomic mass is 10.1. The Kier molecular flexibility index (Phi) is 5.75. The number of rotatable bonds is 5. The van der Waals surface area contributed by atoms with Gasteiger partial charge >= 0.3 is 0 Å². The molecule has 0 saturated carbocycles. The van der Waals surface area contributed by atoms with Gasteiger partial charge in [-0.3, -0.25) is 4.79 Å². The number of fused-ring (bicyclic) bond motifs is 1. The van der Waals surface area contributed by atoms with Gasteiger partial charge in [0, 0.05) is 10.8 Å². The minimum atomic E-state index is -3.14. The van der Waals surface area contributed by atoms with Gasteiger partial charge in [0.2, 0.25) is 0 Å². The number of hydrogen-bond donors (Lipinski definition) is 0. The van der Waals surface area contributed by atoms with Crippen molar-refractivity contribution in [2.24, 2.45) is 4.99 Å². The summed E-state index contributed by atoms with van der Waals surface area (Å²) in [6.07, 6.45) is 0.0987. The summed E-state index contributed by atoms with van der Waals surface area (Å²) in [6, 6.07) is 14.4. The highest BCUT2D eigenvalue weighted by Gasteiger charge is 2.50. The quantitative estimate of drug-likeness (QED) is 0.698. The molecule has 9 heteroatoms. The number of amides is 1. The first-order valence-corrected chi connectivity index (χ1v) is 12.1. The fraction of sp³-hybridized carbons (Fsp3) is 0.333. The van der Waals surface area contributed by atoms with E-state index in [1.807, 2.05) is 47.4 Å². The van der Waals surface area contributed by atoms with Crippen LogP contribution >= 0.6 is 11.8 Å². The molecule has 7 nitrogen and oxygen atoms in total. The lowest BCUT2D eigenvalue weighted by Gasteiger charge is -2.26. The molecule has 0 spiro atoms. The molecule has 0 aromatic heterocycles. The summed E-state index contributed by atoms with van der Waals surface area (Å²) in [6.45, 7) is 0. The van der Waals surface area contributed by atoms with Gasteiger partial charge in [-0.2, -0.15) is 4.99 Å². The summed E-state index contributed by atoms with van der Waals surface area (Å²) in [5.41, 5.74) is 1.46. The third-order valence-electron chi connectivity index (χ3n) is 5.17. The van der Waals surface area contributed by atoms with Gasteiger partial charge in [0.15, 0.2) is 15.0 Å². The first-order chi connectivity index (χ1) is 14.4. The third kappa shape index (κ3) is 4.04. The van der Waals surface area contributed by atoms with E-state index in [4.69, 9.17) is 9.47 Å². The van der Waals surface area contributed by atoms with Gasteiger partial charge in [-0.15, -0.1) is 0 Å². The minimum Gasteiger partial charge on any atom is -0.496 e. The van der Waals surface area contributed by atoms with Crippen LogP contribution in [0.2, 0.25) is 0 Å². The van der Waals surface area contributed by atoms with Crippen LogP contribution in [0.1, 0.15) is 5.56 Å². The number of ether oxygens (including phenoxy) is 2. The van der Waals surface area contributed by atoms with Crippen molar-refractivity contribution in [1.29, 1.82) is 0 Å². The molecule has 2 heterocycles. The fourth-order valence-electron chi connectivity index (χ4n) is 3.83. The van der Waals surface area contributed by atoms with Crippen LogP contribution in [0, 0.1) is 0 Å². The predicted octanol–water partition coefficient (Wildman–Crippen LogP) is 2.55. The molecule has 0 N–H and O–H groups in total. The van der Waals surface area contributed by atoms with E-state index in [2.05, 4.69) is 4.99 Å². The molecular formula is C21H22N2O5S2. The Morgan fingerprint density at radius 2 is 1.73 bits per heavy atom. The minimum absolute atomic E-state index is 0.0302. The van der Waals surface area contributed by atoms with Crippen molar-refractivity contribution in [3.8, 4) is 11.5 Å². The second kappa shape index (κ2) is 8.31. The Balaban J connectivity index is 1.68. The van der Waals surface area contributed by atoms with Gasteiger partial charge in [0.25, 0.3) is 5.91 Å². The molecule has 2 aromatic rings. The molecule has 2 fully saturated rings. The fourth-order valence-corrected chi connectivity index (χ4v) is 7.76. The van der Waals surface area contributed by atoms with Gasteiger partial charge in [-0.25, -0.2) is 8.42 Å². The van der Waals surface area contributed by atoms with E-state index in [-0.39, 0.29) is 35.1 Å². The molecule has 2 aromatic carbocycles. The normalized spacial score (nSPS) is 23.4. The van der Waals surface area contributed by atoms with Crippen molar-refractivity contribution in [1.82, 2.24) is 0 Å². The number of aliphatic imine (C=N–C) groups is 1. The molecule has 0 unspecified atom stereocenters. The van der Waals surface area contributed by atoms with E-state index >= 15 is 0 Å². The molecule has 158 valence electrons. The van der Waals surface area contributed by atoms with E-state index in [0.717, 1.165) is 5.56 Å². The van der Waals surface area contributed by atoms with Crippen molar-refractivity contribution < 1.29 is 22.7 Å².